The molecule has 0 amide bonds. The smallest absolute Gasteiger partial charge is 0.235 e. The van der Waals surface area contributed by atoms with Crippen LogP contribution in [0.5, 0.6) is 0 Å². The highest BCUT2D eigenvalue weighted by atomic mass is 15.2. The van der Waals surface area contributed by atoms with Crippen LogP contribution < -0.4 is 0 Å². The Morgan fingerprint density at radius 2 is 0.935 bits per heavy atom. The number of hydrogen-bond acceptors (Lipinski definition) is 2. The Morgan fingerprint density at radius 1 is 0.387 bits per heavy atom. The fourth-order valence-corrected chi connectivity index (χ4v) is 10.4. The van der Waals surface area contributed by atoms with Gasteiger partial charge in [-0.3, -0.25) is 4.57 Å². The van der Waals surface area contributed by atoms with E-state index < -0.39 is 0 Å². The monoisotopic (exact) mass is 798 g/mol. The molecule has 0 atom stereocenters. The lowest BCUT2D eigenvalue weighted by Crippen LogP contribution is -2.33. The van der Waals surface area contributed by atoms with Gasteiger partial charge in [0.1, 0.15) is 0 Å². The van der Waals surface area contributed by atoms with Gasteiger partial charge in [0.2, 0.25) is 5.95 Å². The number of nitrogens with zero attached hydrogens (tertiary/aromatic N) is 4. The molecule has 0 N–H and O–H groups in total. The van der Waals surface area contributed by atoms with Crippen molar-refractivity contribution in [2.45, 2.75) is 51.4 Å². The van der Waals surface area contributed by atoms with E-state index >= 15 is 0 Å². The molecule has 4 nitrogen and oxygen atoms in total. The van der Waals surface area contributed by atoms with Crippen molar-refractivity contribution in [3.8, 4) is 45.3 Å². The van der Waals surface area contributed by atoms with Gasteiger partial charge in [0.25, 0.3) is 0 Å². The Labute approximate surface area is 361 Å². The van der Waals surface area contributed by atoms with Crippen molar-refractivity contribution in [1.29, 1.82) is 0 Å². The van der Waals surface area contributed by atoms with Gasteiger partial charge < -0.3 is 4.57 Å². The van der Waals surface area contributed by atoms with E-state index in [-0.39, 0.29) is 10.8 Å². The average molecular weight is 799 g/mol. The van der Waals surface area contributed by atoms with Crippen LogP contribution >= 0.6 is 0 Å². The molecule has 3 aromatic heterocycles. The minimum absolute atomic E-state index is 0.0675. The third-order valence-corrected chi connectivity index (χ3v) is 13.8. The quantitative estimate of drug-likeness (QED) is 0.174. The predicted octanol–water partition coefficient (Wildman–Crippen LogP) is 15.2. The third kappa shape index (κ3) is 5.66. The Hall–Kier alpha value is -7.30. The number of aromatic nitrogens is 4. The molecular weight excluding hydrogens is 753 g/mol. The summed E-state index contributed by atoms with van der Waals surface area (Å²) in [6.07, 6.45) is 2.32. The maximum absolute atomic E-state index is 5.52. The second-order valence-electron chi connectivity index (χ2n) is 18.5. The molecular formula is C58H46N4. The Bertz CT molecular complexity index is 3560. The first-order valence-corrected chi connectivity index (χ1v) is 21.9. The van der Waals surface area contributed by atoms with Crippen molar-refractivity contribution < 1.29 is 0 Å². The zero-order valence-electron chi connectivity index (χ0n) is 35.5. The van der Waals surface area contributed by atoms with Gasteiger partial charge in [0, 0.05) is 38.4 Å². The number of para-hydroxylation sites is 1. The van der Waals surface area contributed by atoms with Crippen molar-refractivity contribution in [2.24, 2.45) is 0 Å². The van der Waals surface area contributed by atoms with Crippen LogP contribution in [0, 0.1) is 0 Å². The number of rotatable bonds is 5. The summed E-state index contributed by atoms with van der Waals surface area (Å²) >= 11 is 0. The third-order valence-electron chi connectivity index (χ3n) is 13.8. The molecule has 298 valence electrons. The van der Waals surface area contributed by atoms with Crippen LogP contribution in [0.2, 0.25) is 0 Å². The first kappa shape index (κ1) is 36.5. The van der Waals surface area contributed by atoms with Crippen LogP contribution in [0.4, 0.5) is 0 Å². The van der Waals surface area contributed by atoms with Crippen LogP contribution in [0.1, 0.15) is 51.7 Å². The van der Waals surface area contributed by atoms with Gasteiger partial charge in [-0.1, -0.05) is 155 Å². The van der Waals surface area contributed by atoms with Crippen molar-refractivity contribution in [3.05, 3.63) is 193 Å². The molecule has 4 heteroatoms. The van der Waals surface area contributed by atoms with Crippen LogP contribution in [-0.4, -0.2) is 19.1 Å². The topological polar surface area (TPSA) is 35.6 Å². The van der Waals surface area contributed by atoms with E-state index in [9.17, 15) is 0 Å². The molecule has 0 saturated heterocycles. The lowest BCUT2D eigenvalue weighted by molar-refractivity contribution is 0.332. The average Bonchev–Trinajstić information content (AvgIpc) is 3.82. The minimum atomic E-state index is 0.0675. The van der Waals surface area contributed by atoms with Gasteiger partial charge >= 0.3 is 0 Å². The highest BCUT2D eigenvalue weighted by molar-refractivity contribution is 6.25. The highest BCUT2D eigenvalue weighted by Gasteiger charge is 2.38. The summed E-state index contributed by atoms with van der Waals surface area (Å²) in [6, 6.07) is 66.1. The van der Waals surface area contributed by atoms with Crippen molar-refractivity contribution in [2.75, 3.05) is 0 Å². The molecule has 3 heterocycles. The van der Waals surface area contributed by atoms with E-state index in [1.165, 1.54) is 60.0 Å². The van der Waals surface area contributed by atoms with Crippen molar-refractivity contribution >= 4 is 54.4 Å². The zero-order valence-corrected chi connectivity index (χ0v) is 35.5. The van der Waals surface area contributed by atoms with E-state index in [1.54, 1.807) is 0 Å². The second kappa shape index (κ2) is 13.6. The zero-order chi connectivity index (χ0) is 41.7. The molecule has 0 aliphatic heterocycles. The minimum Gasteiger partial charge on any atom is -0.309 e. The van der Waals surface area contributed by atoms with Gasteiger partial charge in [0.15, 0.2) is 0 Å². The Morgan fingerprint density at radius 3 is 1.68 bits per heavy atom. The van der Waals surface area contributed by atoms with Gasteiger partial charge in [0.05, 0.1) is 33.5 Å². The Balaban J connectivity index is 1.21. The van der Waals surface area contributed by atoms with Gasteiger partial charge in [-0.25, -0.2) is 9.97 Å². The molecule has 62 heavy (non-hydrogen) atoms. The van der Waals surface area contributed by atoms with E-state index in [0.29, 0.717) is 5.95 Å². The summed E-state index contributed by atoms with van der Waals surface area (Å²) in [4.78, 5) is 11.0. The summed E-state index contributed by atoms with van der Waals surface area (Å²) in [6.45, 7) is 9.70. The molecule has 0 radical (unpaired) electrons. The molecule has 12 rings (SSSR count). The van der Waals surface area contributed by atoms with Crippen LogP contribution in [0.15, 0.2) is 182 Å². The molecule has 11 aromatic rings. The molecule has 0 unspecified atom stereocenters. The highest BCUT2D eigenvalue weighted by Crippen LogP contribution is 2.49. The maximum Gasteiger partial charge on any atom is 0.235 e. The molecule has 1 aliphatic rings. The maximum atomic E-state index is 5.52. The number of benzene rings is 8. The number of fused-ring (bicyclic) bond motifs is 9. The molecule has 0 saturated carbocycles. The van der Waals surface area contributed by atoms with Gasteiger partial charge in [-0.05, 0) is 111 Å². The fourth-order valence-electron chi connectivity index (χ4n) is 10.4. The van der Waals surface area contributed by atoms with Crippen molar-refractivity contribution in [1.82, 2.24) is 19.1 Å². The number of hydrogen-bond donors (Lipinski definition) is 0. The lowest BCUT2D eigenvalue weighted by atomic mass is 9.63. The van der Waals surface area contributed by atoms with E-state index in [1.807, 2.05) is 0 Å². The summed E-state index contributed by atoms with van der Waals surface area (Å²) in [5.41, 5.74) is 15.0. The van der Waals surface area contributed by atoms with Gasteiger partial charge in [-0.2, -0.15) is 0 Å². The second-order valence-corrected chi connectivity index (χ2v) is 18.5. The SMILES string of the molecule is CC1(C)CCC(C)(C)c2cc3c(cc21)c1cc2c(cc1n3-c1ccccc1)c1c3ccccc3ccc1n2-c1nc(-c2ccccc2)cc(-c2cccc(-c3ccccc3)c2)n1. The summed E-state index contributed by atoms with van der Waals surface area (Å²) in [5.74, 6) is 0.646. The standard InChI is InChI=1S/C58H46N4/c1-57(2)29-30-58(3,4)48-35-54-44(32-47(48)57)45-33-53-46(34-52(45)61(54)42-24-12-7-13-25-42)55-43-26-15-14-19-38(43)27-28-51(55)62(53)56-59-49(39-20-10-6-11-21-39)36-50(60-56)41-23-16-22-40(31-41)37-17-8-5-9-18-37/h5-28,31-36H,29-30H2,1-4H3. The molecule has 0 spiro atoms. The van der Waals surface area contributed by atoms with E-state index in [4.69, 9.17) is 9.97 Å². The lowest BCUT2D eigenvalue weighted by Gasteiger charge is -2.42. The van der Waals surface area contributed by atoms with E-state index in [0.717, 1.165) is 57.6 Å². The normalized spacial score (nSPS) is 14.6. The summed E-state index contributed by atoms with van der Waals surface area (Å²) < 4.78 is 4.82. The molecule has 0 fully saturated rings. The first-order chi connectivity index (χ1) is 30.2. The van der Waals surface area contributed by atoms with Crippen molar-refractivity contribution in [3.63, 3.8) is 0 Å². The summed E-state index contributed by atoms with van der Waals surface area (Å²) in [5, 5.41) is 7.29. The largest absolute Gasteiger partial charge is 0.309 e. The summed E-state index contributed by atoms with van der Waals surface area (Å²) in [7, 11) is 0. The van der Waals surface area contributed by atoms with Gasteiger partial charge in [-0.15, -0.1) is 0 Å². The first-order valence-electron chi connectivity index (χ1n) is 21.9. The van der Waals surface area contributed by atoms with Crippen LogP contribution in [0.3, 0.4) is 0 Å². The molecule has 1 aliphatic carbocycles. The predicted molar refractivity (Wildman–Crippen MR) is 260 cm³/mol. The molecule has 0 bridgehead atoms. The fraction of sp³-hybridized carbons (Fsp3) is 0.138. The Kier molecular flexibility index (Phi) is 8.02. The van der Waals surface area contributed by atoms with E-state index in [2.05, 4.69) is 219 Å². The van der Waals surface area contributed by atoms with Crippen LogP contribution in [-0.2, 0) is 10.8 Å². The van der Waals surface area contributed by atoms with Crippen LogP contribution in [0.25, 0.3) is 99.7 Å². The molecule has 8 aromatic carbocycles.